The number of halogens is 1. The second-order valence-electron chi connectivity index (χ2n) is 6.20. The first-order valence-corrected chi connectivity index (χ1v) is 8.24. The summed E-state index contributed by atoms with van der Waals surface area (Å²) in [6, 6.07) is 9.15. The van der Waals surface area contributed by atoms with Gasteiger partial charge in [0.25, 0.3) is 0 Å². The number of aromatic nitrogens is 4. The highest BCUT2D eigenvalue weighted by molar-refractivity contribution is 5.66. The van der Waals surface area contributed by atoms with Crippen LogP contribution in [-0.4, -0.2) is 19.4 Å². The van der Waals surface area contributed by atoms with Gasteiger partial charge in [0.1, 0.15) is 12.4 Å². The fraction of sp³-hybridized carbons (Fsp3) is 0.150. The molecule has 0 spiro atoms. The summed E-state index contributed by atoms with van der Waals surface area (Å²) < 4.78 is 20.3. The molecule has 0 saturated heterocycles. The number of benzene rings is 1. The maximum atomic E-state index is 12.9. The Morgan fingerprint density at radius 2 is 1.92 bits per heavy atom. The van der Waals surface area contributed by atoms with Gasteiger partial charge in [-0.05, 0) is 31.0 Å². The Bertz CT molecular complexity index is 1070. The minimum atomic E-state index is -0.395. The molecular weight excluding hydrogens is 331 g/mol. The van der Waals surface area contributed by atoms with Crippen LogP contribution < -0.4 is 4.74 Å². The molecule has 26 heavy (non-hydrogen) atoms. The Morgan fingerprint density at radius 1 is 1.04 bits per heavy atom. The van der Waals surface area contributed by atoms with E-state index in [0.29, 0.717) is 11.7 Å². The highest BCUT2D eigenvalue weighted by Gasteiger charge is 2.08. The van der Waals surface area contributed by atoms with E-state index in [4.69, 9.17) is 4.74 Å². The van der Waals surface area contributed by atoms with Crippen molar-refractivity contribution in [1.82, 2.24) is 19.4 Å². The van der Waals surface area contributed by atoms with Crippen LogP contribution in [0.5, 0.6) is 5.88 Å². The predicted octanol–water partition coefficient (Wildman–Crippen LogP) is 4.13. The zero-order valence-electron chi connectivity index (χ0n) is 14.5. The number of ether oxygens (including phenoxy) is 1. The summed E-state index contributed by atoms with van der Waals surface area (Å²) in [6.45, 7) is 4.41. The normalized spacial score (nSPS) is 11.0. The fourth-order valence-electron chi connectivity index (χ4n) is 2.88. The average molecular weight is 348 g/mol. The molecule has 3 heterocycles. The summed E-state index contributed by atoms with van der Waals surface area (Å²) in [7, 11) is 0. The minimum absolute atomic E-state index is 0.237. The van der Waals surface area contributed by atoms with Crippen LogP contribution in [0.15, 0.2) is 55.1 Å². The Labute approximate surface area is 150 Å². The molecule has 0 radical (unpaired) electrons. The van der Waals surface area contributed by atoms with Gasteiger partial charge in [-0.1, -0.05) is 23.8 Å². The summed E-state index contributed by atoms with van der Waals surface area (Å²) in [4.78, 5) is 12.8. The molecule has 4 rings (SSSR count). The number of fused-ring (bicyclic) bond motifs is 1. The van der Waals surface area contributed by atoms with Gasteiger partial charge in [-0.3, -0.25) is 4.40 Å². The Kier molecular flexibility index (Phi) is 4.08. The van der Waals surface area contributed by atoms with Crippen molar-refractivity contribution >= 4 is 5.78 Å². The van der Waals surface area contributed by atoms with E-state index in [1.54, 1.807) is 0 Å². The van der Waals surface area contributed by atoms with E-state index < -0.39 is 5.82 Å². The zero-order valence-corrected chi connectivity index (χ0v) is 14.5. The number of imidazole rings is 1. The maximum absolute atomic E-state index is 12.9. The van der Waals surface area contributed by atoms with Gasteiger partial charge < -0.3 is 4.74 Å². The molecule has 0 atom stereocenters. The molecule has 0 aliphatic rings. The van der Waals surface area contributed by atoms with Gasteiger partial charge in [0, 0.05) is 30.2 Å². The van der Waals surface area contributed by atoms with Gasteiger partial charge >= 0.3 is 0 Å². The van der Waals surface area contributed by atoms with E-state index in [1.807, 2.05) is 23.0 Å². The summed E-state index contributed by atoms with van der Waals surface area (Å²) in [6.07, 6.45) is 6.83. The van der Waals surface area contributed by atoms with E-state index >= 15 is 0 Å². The van der Waals surface area contributed by atoms with Crippen LogP contribution in [0, 0.1) is 19.7 Å². The van der Waals surface area contributed by atoms with E-state index in [0.717, 1.165) is 23.0 Å². The summed E-state index contributed by atoms with van der Waals surface area (Å²) in [5.41, 5.74) is 5.34. The molecule has 4 aromatic rings. The number of hydrogen-bond donors (Lipinski definition) is 0. The standard InChI is InChI=1S/C20H17FN4O/c1-13-3-5-18(14(2)7-13)15-8-23-20-24-17(11-25(20)10-15)12-26-19-6-4-16(21)9-22-19/h3-11H,12H2,1-2H3. The van der Waals surface area contributed by atoms with Crippen LogP contribution in [-0.2, 0) is 6.61 Å². The summed E-state index contributed by atoms with van der Waals surface area (Å²) in [5, 5.41) is 0. The van der Waals surface area contributed by atoms with E-state index in [9.17, 15) is 4.39 Å². The molecule has 1 aromatic carbocycles. The molecule has 0 saturated carbocycles. The number of nitrogens with zero attached hydrogens (tertiary/aromatic N) is 4. The third kappa shape index (κ3) is 3.26. The van der Waals surface area contributed by atoms with Crippen molar-refractivity contribution < 1.29 is 9.13 Å². The topological polar surface area (TPSA) is 52.3 Å². The van der Waals surface area contributed by atoms with Crippen LogP contribution in [0.2, 0.25) is 0 Å². The van der Waals surface area contributed by atoms with Gasteiger partial charge in [0.15, 0.2) is 0 Å². The third-order valence-corrected chi connectivity index (χ3v) is 4.12. The Balaban J connectivity index is 1.58. The number of rotatable bonds is 4. The van der Waals surface area contributed by atoms with Crippen LogP contribution in [0.4, 0.5) is 4.39 Å². The van der Waals surface area contributed by atoms with Crippen molar-refractivity contribution in [3.63, 3.8) is 0 Å². The lowest BCUT2D eigenvalue weighted by atomic mass is 10.0. The van der Waals surface area contributed by atoms with Crippen molar-refractivity contribution in [3.05, 3.63) is 77.8 Å². The molecular formula is C20H17FN4O. The van der Waals surface area contributed by atoms with Crippen molar-refractivity contribution in [2.24, 2.45) is 0 Å². The molecule has 0 fully saturated rings. The molecule has 0 bridgehead atoms. The van der Waals surface area contributed by atoms with Crippen molar-refractivity contribution in [2.75, 3.05) is 0 Å². The lowest BCUT2D eigenvalue weighted by Gasteiger charge is -2.07. The minimum Gasteiger partial charge on any atom is -0.471 e. The van der Waals surface area contributed by atoms with Gasteiger partial charge in [-0.2, -0.15) is 0 Å². The van der Waals surface area contributed by atoms with Crippen molar-refractivity contribution in [1.29, 1.82) is 0 Å². The van der Waals surface area contributed by atoms with Crippen LogP contribution in [0.1, 0.15) is 16.8 Å². The first-order valence-electron chi connectivity index (χ1n) is 8.24. The van der Waals surface area contributed by atoms with Gasteiger partial charge in [-0.15, -0.1) is 0 Å². The van der Waals surface area contributed by atoms with Crippen molar-refractivity contribution in [3.8, 4) is 17.0 Å². The lowest BCUT2D eigenvalue weighted by Crippen LogP contribution is -1.97. The molecule has 0 N–H and O–H groups in total. The van der Waals surface area contributed by atoms with Crippen LogP contribution in [0.25, 0.3) is 16.9 Å². The molecule has 0 aliphatic carbocycles. The lowest BCUT2D eigenvalue weighted by molar-refractivity contribution is 0.289. The second kappa shape index (κ2) is 6.55. The van der Waals surface area contributed by atoms with Gasteiger partial charge in [-0.25, -0.2) is 19.3 Å². The average Bonchev–Trinajstić information content (AvgIpc) is 3.03. The first kappa shape index (κ1) is 16.2. The van der Waals surface area contributed by atoms with E-state index in [2.05, 4.69) is 47.0 Å². The van der Waals surface area contributed by atoms with Gasteiger partial charge in [0.05, 0.1) is 11.9 Å². The van der Waals surface area contributed by atoms with Crippen LogP contribution in [0.3, 0.4) is 0 Å². The maximum Gasteiger partial charge on any atom is 0.234 e. The third-order valence-electron chi connectivity index (χ3n) is 4.12. The smallest absolute Gasteiger partial charge is 0.234 e. The first-order chi connectivity index (χ1) is 12.6. The largest absolute Gasteiger partial charge is 0.471 e. The predicted molar refractivity (Wildman–Crippen MR) is 96.4 cm³/mol. The molecule has 3 aromatic heterocycles. The summed E-state index contributed by atoms with van der Waals surface area (Å²) >= 11 is 0. The second-order valence-corrected chi connectivity index (χ2v) is 6.20. The highest BCUT2D eigenvalue weighted by Crippen LogP contribution is 2.24. The highest BCUT2D eigenvalue weighted by atomic mass is 19.1. The van der Waals surface area contributed by atoms with Crippen molar-refractivity contribution in [2.45, 2.75) is 20.5 Å². The quantitative estimate of drug-likeness (QED) is 0.556. The molecule has 6 heteroatoms. The Morgan fingerprint density at radius 3 is 2.69 bits per heavy atom. The van der Waals surface area contributed by atoms with Gasteiger partial charge in [0.2, 0.25) is 11.7 Å². The van der Waals surface area contributed by atoms with E-state index in [1.165, 1.54) is 23.3 Å². The molecule has 0 unspecified atom stereocenters. The zero-order chi connectivity index (χ0) is 18.1. The fourth-order valence-corrected chi connectivity index (χ4v) is 2.88. The molecule has 5 nitrogen and oxygen atoms in total. The Hall–Kier alpha value is -3.28. The summed E-state index contributed by atoms with van der Waals surface area (Å²) in [5.74, 6) is 0.560. The number of aryl methyl sites for hydroxylation is 2. The number of hydrogen-bond acceptors (Lipinski definition) is 4. The monoisotopic (exact) mass is 348 g/mol. The SMILES string of the molecule is Cc1ccc(-c2cnc3nc(COc4ccc(F)cn4)cn3c2)c(C)c1. The molecule has 130 valence electrons. The van der Waals surface area contributed by atoms with E-state index in [-0.39, 0.29) is 6.61 Å². The number of pyridine rings is 1. The molecule has 0 amide bonds. The van der Waals surface area contributed by atoms with Crippen LogP contribution >= 0.6 is 0 Å². The molecule has 0 aliphatic heterocycles.